The highest BCUT2D eigenvalue weighted by atomic mass is 19.1. The van der Waals surface area contributed by atoms with Crippen LogP contribution in [0.5, 0.6) is 0 Å². The summed E-state index contributed by atoms with van der Waals surface area (Å²) in [7, 11) is 0. The van der Waals surface area contributed by atoms with E-state index in [1.54, 1.807) is 6.92 Å². The Morgan fingerprint density at radius 1 is 1.05 bits per heavy atom. The van der Waals surface area contributed by atoms with Crippen LogP contribution >= 0.6 is 0 Å². The number of fused-ring (bicyclic) bond motifs is 1. The van der Waals surface area contributed by atoms with Crippen LogP contribution in [0.15, 0.2) is 36.4 Å². The average Bonchev–Trinajstić information content (AvgIpc) is 2.87. The van der Waals surface area contributed by atoms with Crippen LogP contribution in [0.1, 0.15) is 25.0 Å². The molecule has 1 aromatic heterocycles. The molecular formula is C17H14F3NO. The molecule has 5 heteroatoms. The van der Waals surface area contributed by atoms with E-state index < -0.39 is 23.6 Å². The second kappa shape index (κ2) is 5.50. The number of halogens is 3. The maximum Gasteiger partial charge on any atom is 0.150 e. The quantitative estimate of drug-likeness (QED) is 0.723. The minimum atomic E-state index is -0.880. The van der Waals surface area contributed by atoms with Crippen molar-refractivity contribution >= 4 is 10.9 Å². The fourth-order valence-corrected chi connectivity index (χ4v) is 2.63. The zero-order valence-electron chi connectivity index (χ0n) is 11.8. The summed E-state index contributed by atoms with van der Waals surface area (Å²) in [4.78, 5) is 2.89. The highest BCUT2D eigenvalue weighted by Gasteiger charge is 2.21. The number of H-pyrrole nitrogens is 1. The van der Waals surface area contributed by atoms with E-state index in [0.29, 0.717) is 28.6 Å². The van der Waals surface area contributed by atoms with E-state index >= 15 is 0 Å². The van der Waals surface area contributed by atoms with Crippen LogP contribution < -0.4 is 0 Å². The first kappa shape index (κ1) is 14.7. The van der Waals surface area contributed by atoms with Gasteiger partial charge >= 0.3 is 0 Å². The van der Waals surface area contributed by atoms with Gasteiger partial charge in [-0.2, -0.15) is 0 Å². The Morgan fingerprint density at radius 2 is 1.73 bits per heavy atom. The number of benzene rings is 2. The van der Waals surface area contributed by atoms with Gasteiger partial charge in [0.25, 0.3) is 0 Å². The van der Waals surface area contributed by atoms with E-state index in [4.69, 9.17) is 0 Å². The van der Waals surface area contributed by atoms with Crippen LogP contribution in [0.2, 0.25) is 0 Å². The van der Waals surface area contributed by atoms with Gasteiger partial charge in [-0.25, -0.2) is 13.2 Å². The number of aliphatic hydroxyl groups excluding tert-OH is 1. The molecule has 0 amide bonds. The molecular weight excluding hydrogens is 291 g/mol. The second-order valence-corrected chi connectivity index (χ2v) is 5.15. The number of hydrogen-bond acceptors (Lipinski definition) is 1. The van der Waals surface area contributed by atoms with Crippen LogP contribution in [0.3, 0.4) is 0 Å². The molecule has 0 aliphatic carbocycles. The summed E-state index contributed by atoms with van der Waals surface area (Å²) in [6.07, 6.45) is -0.491. The van der Waals surface area contributed by atoms with Gasteiger partial charge in [-0.15, -0.1) is 0 Å². The van der Waals surface area contributed by atoms with Crippen molar-refractivity contribution in [1.29, 1.82) is 0 Å². The molecule has 3 aromatic rings. The molecule has 0 radical (unpaired) electrons. The van der Waals surface area contributed by atoms with Crippen molar-refractivity contribution in [3.8, 4) is 11.3 Å². The van der Waals surface area contributed by atoms with E-state index in [-0.39, 0.29) is 5.52 Å². The second-order valence-electron chi connectivity index (χ2n) is 5.15. The fourth-order valence-electron chi connectivity index (χ4n) is 2.63. The van der Waals surface area contributed by atoms with Gasteiger partial charge in [-0.1, -0.05) is 6.92 Å². The Balaban J connectivity index is 2.33. The van der Waals surface area contributed by atoms with Crippen molar-refractivity contribution < 1.29 is 18.3 Å². The van der Waals surface area contributed by atoms with Gasteiger partial charge in [0.1, 0.15) is 17.5 Å². The largest absolute Gasteiger partial charge is 0.388 e. The van der Waals surface area contributed by atoms with Crippen LogP contribution in [0, 0.1) is 17.5 Å². The molecule has 0 bridgehead atoms. The summed E-state index contributed by atoms with van der Waals surface area (Å²) in [6, 6.07) is 7.59. The minimum Gasteiger partial charge on any atom is -0.388 e. The van der Waals surface area contributed by atoms with Crippen molar-refractivity contribution in [1.82, 2.24) is 4.98 Å². The Bertz CT molecular complexity index is 824. The van der Waals surface area contributed by atoms with E-state index in [1.807, 2.05) is 0 Å². The minimum absolute atomic E-state index is 0.128. The first-order valence-electron chi connectivity index (χ1n) is 6.96. The summed E-state index contributed by atoms with van der Waals surface area (Å²) < 4.78 is 40.6. The first-order valence-corrected chi connectivity index (χ1v) is 6.96. The molecule has 22 heavy (non-hydrogen) atoms. The third kappa shape index (κ3) is 2.37. The molecule has 0 fully saturated rings. The van der Waals surface area contributed by atoms with Crippen molar-refractivity contribution in [2.75, 3.05) is 0 Å². The van der Waals surface area contributed by atoms with Crippen molar-refractivity contribution in [2.45, 2.75) is 19.4 Å². The van der Waals surface area contributed by atoms with E-state index in [1.165, 1.54) is 30.3 Å². The summed E-state index contributed by atoms with van der Waals surface area (Å²) in [5.74, 6) is -1.83. The molecule has 2 aromatic carbocycles. The molecule has 1 atom stereocenters. The molecule has 0 aliphatic heterocycles. The maximum absolute atomic E-state index is 14.0. The Kier molecular flexibility index (Phi) is 3.66. The Morgan fingerprint density at radius 3 is 2.36 bits per heavy atom. The van der Waals surface area contributed by atoms with Gasteiger partial charge in [0.05, 0.1) is 17.3 Å². The van der Waals surface area contributed by atoms with Crippen LogP contribution in [0.4, 0.5) is 13.2 Å². The van der Waals surface area contributed by atoms with Gasteiger partial charge in [0, 0.05) is 17.0 Å². The van der Waals surface area contributed by atoms with Crippen LogP contribution in [-0.4, -0.2) is 10.1 Å². The van der Waals surface area contributed by atoms with Gasteiger partial charge < -0.3 is 10.1 Å². The standard InChI is InChI=1S/C17H14F3NO/c1-2-14(22)15-12-7-11(19)8-13(20)17(12)21-16(15)9-3-5-10(18)6-4-9/h3-8,14,21-22H,2H2,1H3. The zero-order valence-corrected chi connectivity index (χ0v) is 11.8. The van der Waals surface area contributed by atoms with Gasteiger partial charge in [0.15, 0.2) is 0 Å². The van der Waals surface area contributed by atoms with Crippen LogP contribution in [0.25, 0.3) is 22.2 Å². The van der Waals surface area contributed by atoms with E-state index in [2.05, 4.69) is 4.98 Å². The summed E-state index contributed by atoms with van der Waals surface area (Å²) in [6.45, 7) is 1.77. The Hall–Kier alpha value is -2.27. The highest BCUT2D eigenvalue weighted by molar-refractivity contribution is 5.91. The molecule has 3 rings (SSSR count). The molecule has 0 saturated carbocycles. The molecule has 0 saturated heterocycles. The van der Waals surface area contributed by atoms with Gasteiger partial charge in [-0.05, 0) is 42.3 Å². The number of aliphatic hydroxyl groups is 1. The predicted molar refractivity (Wildman–Crippen MR) is 78.9 cm³/mol. The molecule has 2 N–H and O–H groups in total. The zero-order chi connectivity index (χ0) is 15.9. The number of rotatable bonds is 3. The molecule has 0 aliphatic rings. The SMILES string of the molecule is CCC(O)c1c(-c2ccc(F)cc2)[nH]c2c(F)cc(F)cc12. The summed E-state index contributed by atoms with van der Waals surface area (Å²) in [5, 5.41) is 10.6. The number of aromatic amines is 1. The lowest BCUT2D eigenvalue weighted by atomic mass is 9.99. The van der Waals surface area contributed by atoms with E-state index in [0.717, 1.165) is 6.07 Å². The highest BCUT2D eigenvalue weighted by Crippen LogP contribution is 2.37. The molecule has 1 unspecified atom stereocenters. The van der Waals surface area contributed by atoms with Gasteiger partial charge in [0.2, 0.25) is 0 Å². The normalized spacial score (nSPS) is 12.8. The molecule has 1 heterocycles. The fraction of sp³-hybridized carbons (Fsp3) is 0.176. The Labute approximate surface area is 125 Å². The smallest absolute Gasteiger partial charge is 0.150 e. The lowest BCUT2D eigenvalue weighted by molar-refractivity contribution is 0.176. The maximum atomic E-state index is 14.0. The molecule has 0 spiro atoms. The van der Waals surface area contributed by atoms with Crippen molar-refractivity contribution in [3.05, 3.63) is 59.4 Å². The average molecular weight is 305 g/mol. The lowest BCUT2D eigenvalue weighted by Gasteiger charge is -2.10. The topological polar surface area (TPSA) is 36.0 Å². The third-order valence-corrected chi connectivity index (χ3v) is 3.72. The third-order valence-electron chi connectivity index (χ3n) is 3.72. The number of nitrogens with one attached hydrogen (secondary N) is 1. The first-order chi connectivity index (χ1) is 10.5. The summed E-state index contributed by atoms with van der Waals surface area (Å²) >= 11 is 0. The molecule has 114 valence electrons. The van der Waals surface area contributed by atoms with Crippen molar-refractivity contribution in [2.24, 2.45) is 0 Å². The number of aromatic nitrogens is 1. The molecule has 2 nitrogen and oxygen atoms in total. The van der Waals surface area contributed by atoms with Crippen molar-refractivity contribution in [3.63, 3.8) is 0 Å². The summed E-state index contributed by atoms with van der Waals surface area (Å²) in [5.41, 5.74) is 1.61. The lowest BCUT2D eigenvalue weighted by Crippen LogP contribution is -1.97. The number of hydrogen-bond donors (Lipinski definition) is 2. The monoisotopic (exact) mass is 305 g/mol. The van der Waals surface area contributed by atoms with E-state index in [9.17, 15) is 18.3 Å². The predicted octanol–water partition coefficient (Wildman–Crippen LogP) is 4.70. The van der Waals surface area contributed by atoms with Gasteiger partial charge in [-0.3, -0.25) is 0 Å². The van der Waals surface area contributed by atoms with Crippen LogP contribution in [-0.2, 0) is 0 Å².